The summed E-state index contributed by atoms with van der Waals surface area (Å²) in [6.07, 6.45) is 0. The number of hydrogen-bond acceptors (Lipinski definition) is 0. The van der Waals surface area contributed by atoms with E-state index in [4.69, 9.17) is 20.6 Å². The first-order chi connectivity index (χ1) is 77.5. The van der Waals surface area contributed by atoms with E-state index in [0.29, 0.717) is 10.9 Å². The van der Waals surface area contributed by atoms with Gasteiger partial charge < -0.3 is 36.5 Å². The van der Waals surface area contributed by atoms with Crippen molar-refractivity contribution in [3.63, 3.8) is 0 Å². The van der Waals surface area contributed by atoms with E-state index in [0.717, 1.165) is 181 Å². The molecule has 0 aliphatic heterocycles. The second kappa shape index (κ2) is 33.1. The van der Waals surface area contributed by atoms with E-state index in [1.807, 2.05) is 127 Å². The van der Waals surface area contributed by atoms with Crippen LogP contribution in [-0.2, 0) is 0 Å². The Bertz CT molecular complexity index is 11100. The van der Waals surface area contributed by atoms with Gasteiger partial charge in [-0.25, -0.2) is 0 Å². The summed E-state index contributed by atoms with van der Waals surface area (Å²) >= 11 is 0. The van der Waals surface area contributed by atoms with Crippen LogP contribution >= 0.6 is 0 Å². The van der Waals surface area contributed by atoms with Crippen molar-refractivity contribution in [1.29, 1.82) is 0 Å². The molecule has 0 aliphatic carbocycles. The summed E-state index contributed by atoms with van der Waals surface area (Å²) in [7, 11) is -3.48. The largest absolute Gasteiger partial charge is 0.309 e. The van der Waals surface area contributed by atoms with E-state index < -0.39 is 32.2 Å². The standard InChI is InChI=1S/C48H34N2Si.C43H29N3.C42H27N3/c1-4-16-37(17-5-1)51(38-18-6-2-7-19-38,39-20-8-3-9-21-39)40-31-28-35(29-32-40)49-47-27-15-12-24-43(47)44-34-36(30-33-48(44)49)50-45-25-13-10-22-41(45)42-23-11-14-26-46(42)50;1-28-19-22-41-35(25-28)32-13-5-9-17-39(32)45(41)30-21-24-43-37(27-30)34-15-7-10-18-40(34)46(43)31-20-23-42-36(26-31)33-14-6-8-16-38(33)44(42)29-11-3-2-4-12-29;1-2-12-28(13-3-1)43-39-20-10-6-16-33(39)35-27-30(22-24-41(35)43)45-40-21-11-7-17-34(40)36-26-29(23-25-42(36)45)44-37-18-8-4-14-31(37)32-15-5-9-19-38(32)44/h1-34H;2-27H,1H3;1-27H/i1D,4D,5D,16D,17D;5D,9D,13D,17D,19D,22D,25D;1D,2D,3D,12D,13D. The quantitative estimate of drug-likeness (QED) is 0.0864. The fourth-order valence-corrected chi connectivity index (χ4v) is 27.1. The lowest BCUT2D eigenvalue weighted by Crippen LogP contribution is -2.74. The van der Waals surface area contributed by atoms with E-state index in [9.17, 15) is 2.74 Å². The SMILES string of the molecule is [2H]c1c([2H])c([2H])c(-n2c3ccccc3c3cc(-n4c5ccccc5c5cc(-n6c7ccccc7c7ccccc76)ccc54)ccc32)c([2H])c1[2H].[2H]c1c([2H])c([2H])c([Si](c2ccccc2)(c2ccccc2)c2ccc(-n3c4ccccc4c4cc(-n5c6ccccc6c6ccccc65)ccc43)cc2)c([2H])c1[2H].[2H]c1c([2H])c([2H])c2c(c1[2H])c1c([2H])c(C)c([2H])c([2H])c1n2-c1ccc2c(c1)c1ccccc1n2-c1ccc2c(c1)c1ccccc1n2-c1ccccc1. The Balaban J connectivity index is 0.000000113. The van der Waals surface area contributed by atoms with Gasteiger partial charge in [-0.15, -0.1) is 0 Å². The molecular weight excluding hydrogens is 1740 g/mol. The maximum absolute atomic E-state index is 9.29. The molecule has 0 saturated carbocycles. The monoisotopic (exact) mass is 1840 g/mol. The molecule has 30 rings (SSSR count). The lowest BCUT2D eigenvalue weighted by Gasteiger charge is -2.34. The van der Waals surface area contributed by atoms with E-state index in [-0.39, 0.29) is 112 Å². The number of aromatic nitrogens is 8. The van der Waals surface area contributed by atoms with Crippen molar-refractivity contribution in [2.24, 2.45) is 0 Å². The lowest BCUT2D eigenvalue weighted by molar-refractivity contribution is 1.16. The summed E-state index contributed by atoms with van der Waals surface area (Å²) in [5, 5.41) is 19.1. The fourth-order valence-electron chi connectivity index (χ4n) is 22.7. The van der Waals surface area contributed by atoms with Gasteiger partial charge in [0.25, 0.3) is 0 Å². The van der Waals surface area contributed by atoms with Crippen LogP contribution in [0, 0.1) is 6.92 Å². The third-order valence-electron chi connectivity index (χ3n) is 28.6. The average molecular weight is 1850 g/mol. The highest BCUT2D eigenvalue weighted by molar-refractivity contribution is 7.20. The van der Waals surface area contributed by atoms with Crippen LogP contribution < -0.4 is 20.7 Å². The predicted molar refractivity (Wildman–Crippen MR) is 602 cm³/mol. The fraction of sp³-hybridized carbons (Fsp3) is 0.00752. The average Bonchev–Trinajstić information content (AvgIpc) is 1.69. The van der Waals surface area contributed by atoms with Crippen molar-refractivity contribution >= 4 is 203 Å². The molecule has 666 valence electrons. The molecule has 0 bridgehead atoms. The van der Waals surface area contributed by atoms with Gasteiger partial charge in [-0.3, -0.25) is 0 Å². The summed E-state index contributed by atoms with van der Waals surface area (Å²) in [6.45, 7) is 1.61. The third kappa shape index (κ3) is 12.8. The molecule has 22 aromatic carbocycles. The van der Waals surface area contributed by atoms with Crippen molar-refractivity contribution in [3.05, 3.63) is 533 Å². The van der Waals surface area contributed by atoms with Crippen LogP contribution in [0.4, 0.5) is 0 Å². The van der Waals surface area contributed by atoms with Gasteiger partial charge in [-0.05, 0) is 228 Å². The predicted octanol–water partition coefficient (Wildman–Crippen LogP) is 31.5. The minimum atomic E-state index is -3.48. The maximum atomic E-state index is 9.29. The van der Waals surface area contributed by atoms with Gasteiger partial charge in [-0.1, -0.05) is 333 Å². The smallest absolute Gasteiger partial charge is 0.179 e. The lowest BCUT2D eigenvalue weighted by atomic mass is 10.1. The molecule has 0 aliphatic rings. The highest BCUT2D eigenvalue weighted by atomic mass is 28.3. The molecule has 9 heteroatoms. The molecule has 0 amide bonds. The summed E-state index contributed by atoms with van der Waals surface area (Å²) in [5.41, 5.74) is 22.3. The summed E-state index contributed by atoms with van der Waals surface area (Å²) in [4.78, 5) is 0. The van der Waals surface area contributed by atoms with Crippen molar-refractivity contribution < 1.29 is 23.3 Å². The van der Waals surface area contributed by atoms with E-state index in [1.54, 1.807) is 16.1 Å². The van der Waals surface area contributed by atoms with Gasteiger partial charge in [0.1, 0.15) is 0 Å². The first kappa shape index (κ1) is 66.0. The Morgan fingerprint density at radius 3 is 0.718 bits per heavy atom. The second-order valence-corrected chi connectivity index (χ2v) is 39.9. The Morgan fingerprint density at radius 1 is 0.148 bits per heavy atom. The van der Waals surface area contributed by atoms with E-state index >= 15 is 0 Å². The van der Waals surface area contributed by atoms with Gasteiger partial charge in [0, 0.05) is 132 Å². The topological polar surface area (TPSA) is 39.4 Å². The Labute approximate surface area is 843 Å². The Kier molecular flexibility index (Phi) is 15.4. The molecule has 0 atom stereocenters. The highest BCUT2D eigenvalue weighted by Crippen LogP contribution is 2.45. The summed E-state index contributed by atoms with van der Waals surface area (Å²) < 4.78 is 166. The van der Waals surface area contributed by atoms with Gasteiger partial charge in [0.2, 0.25) is 0 Å². The minimum Gasteiger partial charge on any atom is -0.309 e. The third-order valence-corrected chi connectivity index (χ3v) is 33.2. The van der Waals surface area contributed by atoms with Crippen LogP contribution in [0.2, 0.25) is 0 Å². The molecule has 0 unspecified atom stereocenters. The van der Waals surface area contributed by atoms with Crippen molar-refractivity contribution in [2.75, 3.05) is 0 Å². The number of nitrogens with zero attached hydrogens (tertiary/aromatic N) is 8. The first-order valence-electron chi connectivity index (χ1n) is 56.1. The highest BCUT2D eigenvalue weighted by Gasteiger charge is 2.41. The zero-order valence-electron chi connectivity index (χ0n) is 93.5. The molecule has 0 N–H and O–H groups in total. The second-order valence-electron chi connectivity index (χ2n) is 36.1. The molecule has 0 radical (unpaired) electrons. The number of benzene rings is 22. The molecule has 0 spiro atoms. The van der Waals surface area contributed by atoms with Crippen molar-refractivity contribution in [2.45, 2.75) is 6.92 Å². The minimum absolute atomic E-state index is 0.0172. The molecular formula is C133H90N8Si. The van der Waals surface area contributed by atoms with Crippen molar-refractivity contribution in [3.8, 4) is 45.5 Å². The molecule has 8 nitrogen and oxygen atoms in total. The number of para-hydroxylation sites is 12. The number of hydrogen-bond donors (Lipinski definition) is 0. The maximum Gasteiger partial charge on any atom is 0.179 e. The number of rotatable bonds is 12. The summed E-state index contributed by atoms with van der Waals surface area (Å²) in [5.74, 6) is 0. The molecule has 142 heavy (non-hydrogen) atoms. The van der Waals surface area contributed by atoms with Crippen LogP contribution in [0.1, 0.15) is 28.9 Å². The zero-order chi connectivity index (χ0) is 108. The van der Waals surface area contributed by atoms with Crippen LogP contribution in [0.15, 0.2) is 527 Å². The Morgan fingerprint density at radius 2 is 0.380 bits per heavy atom. The van der Waals surface area contributed by atoms with Crippen LogP contribution in [0.25, 0.3) is 220 Å². The van der Waals surface area contributed by atoms with Crippen LogP contribution in [-0.4, -0.2) is 44.6 Å². The van der Waals surface area contributed by atoms with Gasteiger partial charge in [0.15, 0.2) is 8.07 Å². The van der Waals surface area contributed by atoms with Gasteiger partial charge in [0.05, 0.1) is 112 Å². The first-order valence-corrected chi connectivity index (χ1v) is 49.6. The molecule has 0 fully saturated rings. The molecule has 0 saturated heterocycles. The normalized spacial score (nSPS) is 13.7. The van der Waals surface area contributed by atoms with Gasteiger partial charge >= 0.3 is 0 Å². The number of fused-ring (bicyclic) bond motifs is 24. The van der Waals surface area contributed by atoms with Gasteiger partial charge in [-0.2, -0.15) is 0 Å². The van der Waals surface area contributed by atoms with Crippen LogP contribution in [0.3, 0.4) is 0 Å². The molecule has 30 aromatic rings. The summed E-state index contributed by atoms with van der Waals surface area (Å²) in [6, 6.07) is 142. The Hall–Kier alpha value is -18.5. The van der Waals surface area contributed by atoms with E-state index in [1.165, 1.54) is 21.5 Å². The molecule has 8 aromatic heterocycles. The van der Waals surface area contributed by atoms with Crippen LogP contribution in [0.5, 0.6) is 0 Å². The molecule has 8 heterocycles. The van der Waals surface area contributed by atoms with E-state index in [2.05, 4.69) is 325 Å². The van der Waals surface area contributed by atoms with Crippen molar-refractivity contribution in [1.82, 2.24) is 36.5 Å². The zero-order valence-corrected chi connectivity index (χ0v) is 77.5.